The second kappa shape index (κ2) is 9.18. The summed E-state index contributed by atoms with van der Waals surface area (Å²) in [7, 11) is 1.63. The van der Waals surface area contributed by atoms with Gasteiger partial charge in [0.1, 0.15) is 18.0 Å². The summed E-state index contributed by atoms with van der Waals surface area (Å²) in [6.07, 6.45) is 1.82. The van der Waals surface area contributed by atoms with E-state index in [0.29, 0.717) is 17.4 Å². The normalized spacial score (nSPS) is 11.8. The molecule has 8 heteroatoms. The molecule has 7 nitrogen and oxygen atoms in total. The highest BCUT2D eigenvalue weighted by molar-refractivity contribution is 9.10. The molecule has 0 aliphatic rings. The molecule has 1 atom stereocenters. The minimum Gasteiger partial charge on any atom is -0.497 e. The molecule has 1 amide bonds. The number of amides is 1. The first-order valence-corrected chi connectivity index (χ1v) is 10.5. The number of ether oxygens (including phenoxy) is 1. The summed E-state index contributed by atoms with van der Waals surface area (Å²) in [6, 6.07) is 18.8. The minimum absolute atomic E-state index is 0.117. The predicted molar refractivity (Wildman–Crippen MR) is 120 cm³/mol. The SMILES string of the molecule is COc1ccc(C(C)NC(=O)Cn2cccc2-c2nc(-c3ccc(Br)cc3)no2)cc1. The Kier molecular flexibility index (Phi) is 6.18. The van der Waals surface area contributed by atoms with Crippen LogP contribution in [-0.4, -0.2) is 27.7 Å². The van der Waals surface area contributed by atoms with E-state index in [2.05, 4.69) is 31.4 Å². The molecule has 158 valence electrons. The van der Waals surface area contributed by atoms with E-state index in [9.17, 15) is 4.79 Å². The Balaban J connectivity index is 1.44. The molecule has 0 aliphatic heterocycles. The van der Waals surface area contributed by atoms with Gasteiger partial charge in [0.2, 0.25) is 11.7 Å². The number of halogens is 1. The van der Waals surface area contributed by atoms with Gasteiger partial charge in [-0.3, -0.25) is 4.79 Å². The lowest BCUT2D eigenvalue weighted by Crippen LogP contribution is -2.30. The molecule has 2 aromatic heterocycles. The molecule has 0 fully saturated rings. The van der Waals surface area contributed by atoms with Crippen molar-refractivity contribution in [1.29, 1.82) is 0 Å². The number of carbonyl (C=O) groups is 1. The average molecular weight is 481 g/mol. The number of aromatic nitrogens is 3. The molecular formula is C23H21BrN4O3. The maximum absolute atomic E-state index is 12.6. The first-order valence-electron chi connectivity index (χ1n) is 9.72. The first-order chi connectivity index (χ1) is 15.0. The molecule has 0 radical (unpaired) electrons. The number of nitrogens with zero attached hydrogens (tertiary/aromatic N) is 3. The van der Waals surface area contributed by atoms with Crippen LogP contribution < -0.4 is 10.1 Å². The Morgan fingerprint density at radius 1 is 1.16 bits per heavy atom. The number of benzene rings is 2. The third kappa shape index (κ3) is 4.86. The van der Waals surface area contributed by atoms with E-state index in [1.807, 2.05) is 73.8 Å². The van der Waals surface area contributed by atoms with E-state index in [1.165, 1.54) is 0 Å². The summed E-state index contributed by atoms with van der Waals surface area (Å²) < 4.78 is 13.4. The lowest BCUT2D eigenvalue weighted by molar-refractivity contribution is -0.122. The minimum atomic E-state index is -0.134. The highest BCUT2D eigenvalue weighted by atomic mass is 79.9. The van der Waals surface area contributed by atoms with Crippen molar-refractivity contribution in [1.82, 2.24) is 20.0 Å². The fourth-order valence-corrected chi connectivity index (χ4v) is 3.47. The van der Waals surface area contributed by atoms with Crippen molar-refractivity contribution in [3.63, 3.8) is 0 Å². The number of hydrogen-bond donors (Lipinski definition) is 1. The van der Waals surface area contributed by atoms with Crippen LogP contribution in [0.2, 0.25) is 0 Å². The fraction of sp³-hybridized carbons (Fsp3) is 0.174. The zero-order chi connectivity index (χ0) is 21.8. The van der Waals surface area contributed by atoms with Gasteiger partial charge in [0.25, 0.3) is 5.89 Å². The zero-order valence-electron chi connectivity index (χ0n) is 17.1. The molecule has 0 saturated carbocycles. The van der Waals surface area contributed by atoms with Crippen molar-refractivity contribution in [3.05, 3.63) is 76.9 Å². The maximum Gasteiger partial charge on any atom is 0.274 e. The van der Waals surface area contributed by atoms with E-state index in [1.54, 1.807) is 11.7 Å². The van der Waals surface area contributed by atoms with Crippen molar-refractivity contribution < 1.29 is 14.1 Å². The third-order valence-corrected chi connectivity index (χ3v) is 5.41. The van der Waals surface area contributed by atoms with Gasteiger partial charge in [0.05, 0.1) is 13.2 Å². The van der Waals surface area contributed by atoms with E-state index >= 15 is 0 Å². The Bertz CT molecular complexity index is 1170. The number of nitrogens with one attached hydrogen (secondary N) is 1. The van der Waals surface area contributed by atoms with Crippen LogP contribution in [0.15, 0.2) is 75.9 Å². The maximum atomic E-state index is 12.6. The van der Waals surface area contributed by atoms with Crippen LogP contribution in [0.1, 0.15) is 18.5 Å². The Morgan fingerprint density at radius 3 is 2.61 bits per heavy atom. The Hall–Kier alpha value is -3.39. The lowest BCUT2D eigenvalue weighted by atomic mass is 10.1. The first kappa shape index (κ1) is 20.9. The summed E-state index contributed by atoms with van der Waals surface area (Å²) in [4.78, 5) is 17.1. The van der Waals surface area contributed by atoms with Crippen molar-refractivity contribution in [2.45, 2.75) is 19.5 Å². The predicted octanol–water partition coefficient (Wildman–Crippen LogP) is 4.85. The standard InChI is InChI=1S/C23H21BrN4O3/c1-15(16-7-11-19(30-2)12-8-16)25-21(29)14-28-13-3-4-20(28)23-26-22(27-31-23)17-5-9-18(24)10-6-17/h3-13,15H,14H2,1-2H3,(H,25,29). The van der Waals surface area contributed by atoms with E-state index in [4.69, 9.17) is 9.26 Å². The molecular weight excluding hydrogens is 460 g/mol. The van der Waals surface area contributed by atoms with Crippen molar-refractivity contribution in [2.75, 3.05) is 7.11 Å². The van der Waals surface area contributed by atoms with Gasteiger partial charge in [-0.05, 0) is 61.0 Å². The van der Waals surface area contributed by atoms with Crippen molar-refractivity contribution in [3.8, 4) is 28.7 Å². The summed E-state index contributed by atoms with van der Waals surface area (Å²) >= 11 is 3.41. The molecule has 0 bridgehead atoms. The number of hydrogen-bond acceptors (Lipinski definition) is 5. The Morgan fingerprint density at radius 2 is 1.90 bits per heavy atom. The molecule has 0 saturated heterocycles. The molecule has 4 aromatic rings. The second-order valence-corrected chi connectivity index (χ2v) is 7.93. The summed E-state index contributed by atoms with van der Waals surface area (Å²) in [5, 5.41) is 7.08. The topological polar surface area (TPSA) is 82.2 Å². The van der Waals surface area contributed by atoms with Gasteiger partial charge in [0, 0.05) is 16.2 Å². The van der Waals surface area contributed by atoms with E-state index in [0.717, 1.165) is 21.3 Å². The number of methoxy groups -OCH3 is 1. The molecule has 2 aromatic carbocycles. The van der Waals surface area contributed by atoms with Gasteiger partial charge in [-0.15, -0.1) is 0 Å². The highest BCUT2D eigenvalue weighted by Gasteiger charge is 2.16. The zero-order valence-corrected chi connectivity index (χ0v) is 18.7. The molecule has 1 unspecified atom stereocenters. The average Bonchev–Trinajstić information content (AvgIpc) is 3.43. The monoisotopic (exact) mass is 480 g/mol. The summed E-state index contributed by atoms with van der Waals surface area (Å²) in [5.74, 6) is 1.52. The lowest BCUT2D eigenvalue weighted by Gasteiger charge is -2.15. The quantitative estimate of drug-likeness (QED) is 0.408. The van der Waals surface area contributed by atoms with Crippen LogP contribution in [0.5, 0.6) is 5.75 Å². The molecule has 0 spiro atoms. The van der Waals surface area contributed by atoms with Gasteiger partial charge >= 0.3 is 0 Å². The van der Waals surface area contributed by atoms with Crippen molar-refractivity contribution in [2.24, 2.45) is 0 Å². The fourth-order valence-electron chi connectivity index (χ4n) is 3.21. The van der Waals surface area contributed by atoms with Crippen LogP contribution >= 0.6 is 15.9 Å². The molecule has 2 heterocycles. The van der Waals surface area contributed by atoms with Gasteiger partial charge in [-0.2, -0.15) is 4.98 Å². The second-order valence-electron chi connectivity index (χ2n) is 7.01. The summed E-state index contributed by atoms with van der Waals surface area (Å²) in [5.41, 5.74) is 2.53. The highest BCUT2D eigenvalue weighted by Crippen LogP contribution is 2.24. The van der Waals surface area contributed by atoms with Gasteiger partial charge in [-0.1, -0.05) is 33.2 Å². The van der Waals surface area contributed by atoms with Gasteiger partial charge in [0.15, 0.2) is 0 Å². The third-order valence-electron chi connectivity index (χ3n) is 4.88. The van der Waals surface area contributed by atoms with Gasteiger partial charge in [-0.25, -0.2) is 0 Å². The molecule has 4 rings (SSSR count). The van der Waals surface area contributed by atoms with Crippen LogP contribution in [0.3, 0.4) is 0 Å². The van der Waals surface area contributed by atoms with Crippen LogP contribution in [-0.2, 0) is 11.3 Å². The van der Waals surface area contributed by atoms with Crippen LogP contribution in [0.4, 0.5) is 0 Å². The van der Waals surface area contributed by atoms with E-state index < -0.39 is 0 Å². The molecule has 1 N–H and O–H groups in total. The molecule has 31 heavy (non-hydrogen) atoms. The Labute approximate surface area is 188 Å². The summed E-state index contributed by atoms with van der Waals surface area (Å²) in [6.45, 7) is 2.08. The van der Waals surface area contributed by atoms with Crippen molar-refractivity contribution >= 4 is 21.8 Å². The van der Waals surface area contributed by atoms with E-state index in [-0.39, 0.29) is 18.5 Å². The smallest absolute Gasteiger partial charge is 0.274 e. The van der Waals surface area contributed by atoms with Crippen LogP contribution in [0, 0.1) is 0 Å². The van der Waals surface area contributed by atoms with Crippen LogP contribution in [0.25, 0.3) is 23.0 Å². The largest absolute Gasteiger partial charge is 0.497 e. The molecule has 0 aliphatic carbocycles. The number of carbonyl (C=O) groups excluding carboxylic acids is 1. The van der Waals surface area contributed by atoms with Gasteiger partial charge < -0.3 is 19.1 Å². The number of rotatable bonds is 7.